The monoisotopic (exact) mass is 578 g/mol. The lowest BCUT2D eigenvalue weighted by Crippen LogP contribution is -2.38. The molecule has 0 radical (unpaired) electrons. The average molecular weight is 579 g/mol. The molecule has 0 fully saturated rings. The normalized spacial score (nSPS) is 11.8. The minimum Gasteiger partial charge on any atom is -0.360 e. The first-order valence-electron chi connectivity index (χ1n) is 14.0. The topological polar surface area (TPSA) is 79.3 Å². The lowest BCUT2D eigenvalue weighted by Gasteiger charge is -2.18. The molecule has 0 spiro atoms. The van der Waals surface area contributed by atoms with Gasteiger partial charge in [-0.15, -0.1) is 0 Å². The Kier molecular flexibility index (Phi) is 13.2. The van der Waals surface area contributed by atoms with E-state index in [4.69, 9.17) is 24.4 Å². The molecular weight excluding hydrogens is 537 g/mol. The Morgan fingerprint density at radius 1 is 0.625 bits per heavy atom. The Bertz CT molecular complexity index is 1160. The predicted octanol–water partition coefficient (Wildman–Crippen LogP) is 4.27. The number of benzene rings is 3. The maximum Gasteiger partial charge on any atom is 0.187 e. The summed E-state index contributed by atoms with van der Waals surface area (Å²) in [6, 6.07) is 16.6. The Morgan fingerprint density at radius 2 is 0.950 bits per heavy atom. The Morgan fingerprint density at radius 3 is 1.25 bits per heavy atom. The van der Waals surface area contributed by atoms with E-state index in [1.165, 1.54) is 0 Å². The van der Waals surface area contributed by atoms with Gasteiger partial charge in [-0.1, -0.05) is 76.2 Å². The third-order valence-corrected chi connectivity index (χ3v) is 7.42. The van der Waals surface area contributed by atoms with E-state index in [-0.39, 0.29) is 0 Å². The third-order valence-electron chi connectivity index (χ3n) is 6.95. The SMILES string of the molecule is CCN(CC)CCNC(=S)N/N=C/c1c2ccccc2c(/C=N/NC(=S)NCCN(CC)CC)c2ccccc12. The van der Waals surface area contributed by atoms with Gasteiger partial charge in [0.1, 0.15) is 0 Å². The zero-order chi connectivity index (χ0) is 28.7. The van der Waals surface area contributed by atoms with Crippen molar-refractivity contribution in [1.29, 1.82) is 0 Å². The highest BCUT2D eigenvalue weighted by atomic mass is 32.1. The van der Waals surface area contributed by atoms with Gasteiger partial charge in [0, 0.05) is 37.3 Å². The molecular formula is C30H42N8S2. The van der Waals surface area contributed by atoms with Gasteiger partial charge in [0.15, 0.2) is 10.2 Å². The molecule has 0 atom stereocenters. The van der Waals surface area contributed by atoms with E-state index in [1.807, 2.05) is 36.7 Å². The van der Waals surface area contributed by atoms with Crippen LogP contribution < -0.4 is 21.5 Å². The quantitative estimate of drug-likeness (QED) is 0.0978. The fourth-order valence-electron chi connectivity index (χ4n) is 4.60. The second kappa shape index (κ2) is 16.8. The molecule has 214 valence electrons. The zero-order valence-corrected chi connectivity index (χ0v) is 25.7. The lowest BCUT2D eigenvalue weighted by atomic mass is 9.92. The van der Waals surface area contributed by atoms with E-state index < -0.39 is 0 Å². The van der Waals surface area contributed by atoms with Crippen molar-refractivity contribution in [3.63, 3.8) is 0 Å². The van der Waals surface area contributed by atoms with Crippen molar-refractivity contribution in [2.45, 2.75) is 27.7 Å². The van der Waals surface area contributed by atoms with Crippen molar-refractivity contribution in [2.75, 3.05) is 52.4 Å². The van der Waals surface area contributed by atoms with Crippen molar-refractivity contribution < 1.29 is 0 Å². The number of likely N-dealkylation sites (N-methyl/N-ethyl adjacent to an activating group) is 2. The van der Waals surface area contributed by atoms with E-state index in [2.05, 4.69) is 93.4 Å². The summed E-state index contributed by atoms with van der Waals surface area (Å²) in [7, 11) is 0. The van der Waals surface area contributed by atoms with Crippen LogP contribution in [0.2, 0.25) is 0 Å². The molecule has 40 heavy (non-hydrogen) atoms. The van der Waals surface area contributed by atoms with Crippen LogP contribution in [0.15, 0.2) is 58.7 Å². The average Bonchev–Trinajstić information content (AvgIpc) is 2.98. The number of nitrogens with one attached hydrogen (secondary N) is 4. The first-order chi connectivity index (χ1) is 19.5. The van der Waals surface area contributed by atoms with Crippen LogP contribution in [-0.2, 0) is 0 Å². The van der Waals surface area contributed by atoms with Crippen LogP contribution in [0.25, 0.3) is 21.5 Å². The summed E-state index contributed by atoms with van der Waals surface area (Å²) in [4.78, 5) is 4.68. The molecule has 0 aromatic heterocycles. The summed E-state index contributed by atoms with van der Waals surface area (Å²) in [5.74, 6) is 0. The molecule has 0 heterocycles. The Balaban J connectivity index is 1.76. The van der Waals surface area contributed by atoms with Crippen LogP contribution >= 0.6 is 24.4 Å². The van der Waals surface area contributed by atoms with E-state index in [1.54, 1.807) is 0 Å². The summed E-state index contributed by atoms with van der Waals surface area (Å²) >= 11 is 10.9. The molecule has 0 aliphatic carbocycles. The second-order valence-electron chi connectivity index (χ2n) is 9.22. The van der Waals surface area contributed by atoms with Gasteiger partial charge in [0.25, 0.3) is 0 Å². The fraction of sp³-hybridized carbons (Fsp3) is 0.400. The van der Waals surface area contributed by atoms with Gasteiger partial charge in [0.05, 0.1) is 12.4 Å². The molecule has 0 bridgehead atoms. The van der Waals surface area contributed by atoms with Crippen molar-refractivity contribution in [1.82, 2.24) is 31.3 Å². The van der Waals surface area contributed by atoms with E-state index in [9.17, 15) is 0 Å². The minimum atomic E-state index is 0.508. The molecule has 3 aromatic rings. The molecule has 0 aliphatic heterocycles. The molecule has 0 aliphatic rings. The maximum atomic E-state index is 5.43. The van der Waals surface area contributed by atoms with Gasteiger partial charge in [-0.25, -0.2) is 0 Å². The Labute approximate surface area is 249 Å². The number of fused-ring (bicyclic) bond motifs is 2. The number of hydrogen-bond donors (Lipinski definition) is 4. The largest absolute Gasteiger partial charge is 0.360 e. The van der Waals surface area contributed by atoms with Gasteiger partial charge >= 0.3 is 0 Å². The van der Waals surface area contributed by atoms with E-state index in [0.717, 1.165) is 85.0 Å². The minimum absolute atomic E-state index is 0.508. The smallest absolute Gasteiger partial charge is 0.187 e. The molecule has 0 saturated heterocycles. The highest BCUT2D eigenvalue weighted by molar-refractivity contribution is 7.80. The van der Waals surface area contributed by atoms with Gasteiger partial charge < -0.3 is 20.4 Å². The van der Waals surface area contributed by atoms with Crippen LogP contribution in [0.4, 0.5) is 0 Å². The standard InChI is InChI=1S/C30H42N8S2/c1-5-37(6-2)19-17-31-29(39)35-33-21-27-23-13-9-11-15-25(23)28(26-16-12-10-14-24(26)27)22-34-36-30(40)32-18-20-38(7-3)8-4/h9-16,21-22H,5-8,17-20H2,1-4H3,(H2,31,35,39)(H2,32,36,40)/b33-21+,34-22+. The summed E-state index contributed by atoms with van der Waals surface area (Å²) in [5.41, 5.74) is 7.98. The summed E-state index contributed by atoms with van der Waals surface area (Å²) in [6.07, 6.45) is 3.69. The highest BCUT2D eigenvalue weighted by Gasteiger charge is 2.11. The van der Waals surface area contributed by atoms with Crippen molar-refractivity contribution in [3.8, 4) is 0 Å². The zero-order valence-electron chi connectivity index (χ0n) is 24.0. The van der Waals surface area contributed by atoms with Gasteiger partial charge in [-0.2, -0.15) is 10.2 Å². The molecule has 8 nitrogen and oxygen atoms in total. The molecule has 4 N–H and O–H groups in total. The molecule has 0 unspecified atom stereocenters. The molecule has 3 aromatic carbocycles. The first-order valence-corrected chi connectivity index (χ1v) is 14.9. The summed E-state index contributed by atoms with van der Waals surface area (Å²) in [6.45, 7) is 16.1. The molecule has 10 heteroatoms. The van der Waals surface area contributed by atoms with Gasteiger partial charge in [-0.3, -0.25) is 10.9 Å². The van der Waals surface area contributed by atoms with Gasteiger partial charge in [0.2, 0.25) is 0 Å². The van der Waals surface area contributed by atoms with Crippen LogP contribution in [-0.4, -0.2) is 84.8 Å². The summed E-state index contributed by atoms with van der Waals surface area (Å²) in [5, 5.41) is 20.7. The maximum absolute atomic E-state index is 5.43. The van der Waals surface area contributed by atoms with Gasteiger partial charge in [-0.05, 0) is 72.2 Å². The first kappa shape index (κ1) is 31.3. The number of thiocarbonyl (C=S) groups is 2. The number of nitrogens with zero attached hydrogens (tertiary/aromatic N) is 4. The van der Waals surface area contributed by atoms with E-state index in [0.29, 0.717) is 10.2 Å². The van der Waals surface area contributed by atoms with E-state index >= 15 is 0 Å². The molecule has 3 rings (SSSR count). The van der Waals surface area contributed by atoms with Crippen LogP contribution in [0, 0.1) is 0 Å². The fourth-order valence-corrected chi connectivity index (χ4v) is 4.91. The van der Waals surface area contributed by atoms with Crippen molar-refractivity contribution in [3.05, 3.63) is 59.7 Å². The number of rotatable bonds is 14. The summed E-state index contributed by atoms with van der Waals surface area (Å²) < 4.78 is 0. The van der Waals surface area contributed by atoms with Crippen LogP contribution in [0.3, 0.4) is 0 Å². The highest BCUT2D eigenvalue weighted by Crippen LogP contribution is 2.31. The van der Waals surface area contributed by atoms with Crippen molar-refractivity contribution in [2.24, 2.45) is 10.2 Å². The second-order valence-corrected chi connectivity index (χ2v) is 10.0. The number of hydrogen-bond acceptors (Lipinski definition) is 6. The van der Waals surface area contributed by atoms with Crippen molar-refractivity contribution >= 4 is 68.6 Å². The molecule has 0 amide bonds. The predicted molar refractivity (Wildman–Crippen MR) is 180 cm³/mol. The lowest BCUT2D eigenvalue weighted by molar-refractivity contribution is 0.308. The number of hydrazone groups is 2. The van der Waals surface area contributed by atoms with Crippen LogP contribution in [0.5, 0.6) is 0 Å². The third kappa shape index (κ3) is 8.92. The molecule has 0 saturated carbocycles. The van der Waals surface area contributed by atoms with Crippen LogP contribution in [0.1, 0.15) is 38.8 Å². The Hall–Kier alpha value is -3.18.